The van der Waals surface area contributed by atoms with Gasteiger partial charge in [0.1, 0.15) is 6.04 Å². The molecule has 0 radical (unpaired) electrons. The van der Waals surface area contributed by atoms with E-state index in [0.29, 0.717) is 31.5 Å². The molecule has 0 bridgehead atoms. The highest BCUT2D eigenvalue weighted by Crippen LogP contribution is 2.23. The molecule has 0 unspecified atom stereocenters. The monoisotopic (exact) mass is 473 g/mol. The Balaban J connectivity index is 2.13. The quantitative estimate of drug-likeness (QED) is 0.513. The molecule has 2 amide bonds. The van der Waals surface area contributed by atoms with Crippen LogP contribution in [-0.2, 0) is 26.0 Å². The number of aryl methyl sites for hydroxylation is 1. The van der Waals surface area contributed by atoms with Crippen LogP contribution in [0.5, 0.6) is 0 Å². The lowest BCUT2D eigenvalue weighted by Crippen LogP contribution is -2.49. The summed E-state index contributed by atoms with van der Waals surface area (Å²) in [5.74, 6) is -0.351. The van der Waals surface area contributed by atoms with Crippen LogP contribution in [0.3, 0.4) is 0 Å². The fraction of sp³-hybridized carbons (Fsp3) is 0.440. The molecule has 0 spiro atoms. The summed E-state index contributed by atoms with van der Waals surface area (Å²) in [6.45, 7) is 4.35. The maximum Gasteiger partial charge on any atom is 0.242 e. The second-order valence-electron chi connectivity index (χ2n) is 8.09. The van der Waals surface area contributed by atoms with E-state index in [1.165, 1.54) is 10.6 Å². The zero-order chi connectivity index (χ0) is 24.4. The Bertz CT molecular complexity index is 1020. The molecule has 0 aromatic heterocycles. The first-order chi connectivity index (χ1) is 15.7. The Labute approximate surface area is 197 Å². The van der Waals surface area contributed by atoms with Crippen LogP contribution in [0.2, 0.25) is 0 Å². The lowest BCUT2D eigenvalue weighted by molar-refractivity contribution is -0.140. The second-order valence-corrected chi connectivity index (χ2v) is 9.99. The number of para-hydroxylation sites is 1. The Hall–Kier alpha value is -2.87. The SMILES string of the molecule is CC[C@@H](C(=O)NC)N(CCc1ccccc1)C(=O)CCCN(c1ccccc1C)S(C)(=O)=O. The standard InChI is InChI=1S/C25H35N3O4S/c1-5-22(25(30)26-3)27(19-17-21-13-7-6-8-14-21)24(29)16-11-18-28(33(4,31)32)23-15-10-9-12-20(23)2/h6-10,12-15,22H,5,11,16-19H2,1-4H3,(H,26,30)/t22-/m0/s1. The van der Waals surface area contributed by atoms with Crippen LogP contribution in [0.15, 0.2) is 54.6 Å². The van der Waals surface area contributed by atoms with E-state index in [1.54, 1.807) is 24.1 Å². The predicted octanol–water partition coefficient (Wildman–Crippen LogP) is 3.14. The minimum atomic E-state index is -3.50. The summed E-state index contributed by atoms with van der Waals surface area (Å²) in [7, 11) is -1.93. The average Bonchev–Trinajstić information content (AvgIpc) is 2.79. The molecule has 0 aliphatic rings. The van der Waals surface area contributed by atoms with Gasteiger partial charge in [-0.2, -0.15) is 0 Å². The summed E-state index contributed by atoms with van der Waals surface area (Å²) in [6, 6.07) is 16.5. The summed E-state index contributed by atoms with van der Waals surface area (Å²) in [5, 5.41) is 2.65. The number of anilines is 1. The fourth-order valence-corrected chi connectivity index (χ4v) is 4.91. The Kier molecular flexibility index (Phi) is 9.91. The molecule has 7 nitrogen and oxygen atoms in total. The van der Waals surface area contributed by atoms with Crippen molar-refractivity contribution in [1.29, 1.82) is 0 Å². The minimum absolute atomic E-state index is 0.153. The number of benzene rings is 2. The number of sulfonamides is 1. The largest absolute Gasteiger partial charge is 0.357 e. The topological polar surface area (TPSA) is 86.8 Å². The number of hydrogen-bond donors (Lipinski definition) is 1. The van der Waals surface area contributed by atoms with Gasteiger partial charge in [-0.25, -0.2) is 8.42 Å². The smallest absolute Gasteiger partial charge is 0.242 e. The Morgan fingerprint density at radius 3 is 2.21 bits per heavy atom. The van der Waals surface area contributed by atoms with Gasteiger partial charge in [-0.15, -0.1) is 0 Å². The molecule has 0 saturated heterocycles. The van der Waals surface area contributed by atoms with Crippen molar-refractivity contribution in [2.75, 3.05) is 30.7 Å². The van der Waals surface area contributed by atoms with Gasteiger partial charge in [0.25, 0.3) is 0 Å². The first kappa shape index (κ1) is 26.4. The van der Waals surface area contributed by atoms with E-state index in [-0.39, 0.29) is 24.8 Å². The lowest BCUT2D eigenvalue weighted by Gasteiger charge is -2.31. The molecule has 1 N–H and O–H groups in total. The predicted molar refractivity (Wildman–Crippen MR) is 133 cm³/mol. The van der Waals surface area contributed by atoms with Gasteiger partial charge in [-0.3, -0.25) is 13.9 Å². The Morgan fingerprint density at radius 1 is 1.00 bits per heavy atom. The summed E-state index contributed by atoms with van der Waals surface area (Å²) >= 11 is 0. The zero-order valence-corrected chi connectivity index (χ0v) is 20.8. The van der Waals surface area contributed by atoms with Gasteiger partial charge in [0.05, 0.1) is 11.9 Å². The van der Waals surface area contributed by atoms with Gasteiger partial charge >= 0.3 is 0 Å². The van der Waals surface area contributed by atoms with Crippen LogP contribution in [-0.4, -0.2) is 57.6 Å². The normalized spacial score (nSPS) is 12.1. The van der Waals surface area contributed by atoms with E-state index in [0.717, 1.165) is 11.1 Å². The average molecular weight is 474 g/mol. The maximum absolute atomic E-state index is 13.2. The minimum Gasteiger partial charge on any atom is -0.357 e. The third-order valence-corrected chi connectivity index (χ3v) is 6.83. The van der Waals surface area contributed by atoms with Gasteiger partial charge in [0.15, 0.2) is 0 Å². The molecule has 2 aromatic carbocycles. The molecule has 0 aliphatic carbocycles. The van der Waals surface area contributed by atoms with Crippen molar-refractivity contribution in [2.45, 2.75) is 45.6 Å². The molecule has 8 heteroatoms. The summed E-state index contributed by atoms with van der Waals surface area (Å²) in [6.07, 6.45) is 2.82. The molecule has 1 atom stereocenters. The van der Waals surface area contributed by atoms with Crippen LogP contribution in [0, 0.1) is 6.92 Å². The zero-order valence-electron chi connectivity index (χ0n) is 20.0. The summed E-state index contributed by atoms with van der Waals surface area (Å²) < 4.78 is 26.2. The number of likely N-dealkylation sites (N-methyl/N-ethyl adjacent to an activating group) is 1. The summed E-state index contributed by atoms with van der Waals surface area (Å²) in [5.41, 5.74) is 2.56. The van der Waals surface area contributed by atoms with E-state index in [4.69, 9.17) is 0 Å². The summed E-state index contributed by atoms with van der Waals surface area (Å²) in [4.78, 5) is 27.3. The second kappa shape index (κ2) is 12.4. The highest BCUT2D eigenvalue weighted by atomic mass is 32.2. The van der Waals surface area contributed by atoms with Gasteiger partial charge in [0.2, 0.25) is 21.8 Å². The maximum atomic E-state index is 13.2. The van der Waals surface area contributed by atoms with Gasteiger partial charge in [0, 0.05) is 26.6 Å². The number of nitrogens with zero attached hydrogens (tertiary/aromatic N) is 2. The van der Waals surface area contributed by atoms with Crippen molar-refractivity contribution < 1.29 is 18.0 Å². The molecule has 2 rings (SSSR count). The van der Waals surface area contributed by atoms with Gasteiger partial charge < -0.3 is 10.2 Å². The number of hydrogen-bond acceptors (Lipinski definition) is 4. The van der Waals surface area contributed by atoms with Crippen molar-refractivity contribution in [2.24, 2.45) is 0 Å². The van der Waals surface area contributed by atoms with Crippen molar-refractivity contribution >= 4 is 27.5 Å². The van der Waals surface area contributed by atoms with Crippen LogP contribution in [0.25, 0.3) is 0 Å². The molecular formula is C25H35N3O4S. The molecule has 2 aromatic rings. The molecule has 0 heterocycles. The first-order valence-electron chi connectivity index (χ1n) is 11.3. The van der Waals surface area contributed by atoms with Gasteiger partial charge in [-0.05, 0) is 43.4 Å². The third-order valence-electron chi connectivity index (χ3n) is 5.65. The van der Waals surface area contributed by atoms with Crippen LogP contribution < -0.4 is 9.62 Å². The fourth-order valence-electron chi connectivity index (χ4n) is 3.89. The van der Waals surface area contributed by atoms with E-state index in [9.17, 15) is 18.0 Å². The molecular weight excluding hydrogens is 438 g/mol. The highest BCUT2D eigenvalue weighted by Gasteiger charge is 2.28. The van der Waals surface area contributed by atoms with Crippen molar-refractivity contribution in [3.05, 3.63) is 65.7 Å². The van der Waals surface area contributed by atoms with E-state index in [1.807, 2.05) is 56.3 Å². The molecule has 0 saturated carbocycles. The molecule has 33 heavy (non-hydrogen) atoms. The van der Waals surface area contributed by atoms with E-state index >= 15 is 0 Å². The van der Waals surface area contributed by atoms with E-state index < -0.39 is 16.1 Å². The van der Waals surface area contributed by atoms with Crippen molar-refractivity contribution in [3.63, 3.8) is 0 Å². The highest BCUT2D eigenvalue weighted by molar-refractivity contribution is 7.92. The molecule has 0 aliphatic heterocycles. The number of amides is 2. The molecule has 0 fully saturated rings. The molecule has 180 valence electrons. The first-order valence-corrected chi connectivity index (χ1v) is 13.1. The number of carbonyl (C=O) groups excluding carboxylic acids is 2. The van der Waals surface area contributed by atoms with Crippen LogP contribution in [0.4, 0.5) is 5.69 Å². The van der Waals surface area contributed by atoms with Gasteiger partial charge in [-0.1, -0.05) is 55.5 Å². The lowest BCUT2D eigenvalue weighted by atomic mass is 10.1. The van der Waals surface area contributed by atoms with Crippen molar-refractivity contribution in [1.82, 2.24) is 10.2 Å². The van der Waals surface area contributed by atoms with Crippen molar-refractivity contribution in [3.8, 4) is 0 Å². The van der Waals surface area contributed by atoms with Crippen LogP contribution in [0.1, 0.15) is 37.3 Å². The number of nitrogens with one attached hydrogen (secondary N) is 1. The number of rotatable bonds is 12. The third kappa shape index (κ3) is 7.60. The number of carbonyl (C=O) groups is 2. The van der Waals surface area contributed by atoms with Crippen LogP contribution >= 0.6 is 0 Å². The Morgan fingerprint density at radius 2 is 1.64 bits per heavy atom. The van der Waals surface area contributed by atoms with E-state index in [2.05, 4.69) is 5.32 Å².